The van der Waals surface area contributed by atoms with Crippen molar-refractivity contribution in [3.63, 3.8) is 0 Å². The Morgan fingerprint density at radius 3 is 2.64 bits per heavy atom. The SMILES string of the molecule is COc1ccc(C2(CCCN(C)CC(=O)O)OCc3ccc(Cl)cc32)cc1.Cl. The quantitative estimate of drug-likeness (QED) is 0.681. The fourth-order valence-corrected chi connectivity index (χ4v) is 3.86. The van der Waals surface area contributed by atoms with Gasteiger partial charge in [-0.15, -0.1) is 12.4 Å². The van der Waals surface area contributed by atoms with Gasteiger partial charge in [0.05, 0.1) is 20.3 Å². The molecule has 0 radical (unpaired) electrons. The number of methoxy groups -OCH3 is 1. The van der Waals surface area contributed by atoms with E-state index in [1.54, 1.807) is 12.0 Å². The van der Waals surface area contributed by atoms with E-state index in [1.807, 2.05) is 49.5 Å². The number of benzene rings is 2. The van der Waals surface area contributed by atoms with Crippen molar-refractivity contribution in [2.75, 3.05) is 27.2 Å². The van der Waals surface area contributed by atoms with E-state index >= 15 is 0 Å². The van der Waals surface area contributed by atoms with Crippen LogP contribution < -0.4 is 4.74 Å². The summed E-state index contributed by atoms with van der Waals surface area (Å²) in [4.78, 5) is 12.7. The molecule has 0 spiro atoms. The minimum atomic E-state index is -0.823. The second-order valence-electron chi connectivity index (χ2n) is 6.88. The highest BCUT2D eigenvalue weighted by atomic mass is 35.5. The van der Waals surface area contributed by atoms with Crippen molar-refractivity contribution in [2.24, 2.45) is 0 Å². The van der Waals surface area contributed by atoms with Crippen LogP contribution in [0.2, 0.25) is 5.02 Å². The Balaban J connectivity index is 0.00000280. The second-order valence-corrected chi connectivity index (χ2v) is 7.32. The number of carbonyl (C=O) groups is 1. The summed E-state index contributed by atoms with van der Waals surface area (Å²) in [6, 6.07) is 13.8. The molecule has 7 heteroatoms. The molecule has 3 rings (SSSR count). The van der Waals surface area contributed by atoms with Crippen LogP contribution in [-0.4, -0.2) is 43.2 Å². The zero-order chi connectivity index (χ0) is 19.4. The molecule has 152 valence electrons. The minimum absolute atomic E-state index is 0. The summed E-state index contributed by atoms with van der Waals surface area (Å²) in [6.45, 7) is 1.23. The Morgan fingerprint density at radius 1 is 1.29 bits per heavy atom. The Kier molecular flexibility index (Phi) is 7.72. The van der Waals surface area contributed by atoms with E-state index < -0.39 is 11.6 Å². The second kappa shape index (κ2) is 9.61. The molecule has 5 nitrogen and oxygen atoms in total. The van der Waals surface area contributed by atoms with Crippen LogP contribution in [0, 0.1) is 0 Å². The lowest BCUT2D eigenvalue weighted by Gasteiger charge is -2.31. The van der Waals surface area contributed by atoms with Crippen LogP contribution in [-0.2, 0) is 21.7 Å². The molecule has 2 aromatic carbocycles. The standard InChI is InChI=1S/C21H24ClNO4.ClH/c1-23(13-20(24)25)11-3-10-21(16-5-8-18(26-2)9-6-16)19-12-17(22)7-4-15(19)14-27-21;/h4-9,12H,3,10-11,13-14H2,1-2H3,(H,24,25);1H. The number of hydrogen-bond donors (Lipinski definition) is 1. The lowest BCUT2D eigenvalue weighted by molar-refractivity contribution is -0.138. The summed E-state index contributed by atoms with van der Waals surface area (Å²) in [6.07, 6.45) is 1.53. The van der Waals surface area contributed by atoms with Crippen LogP contribution in [0.4, 0.5) is 0 Å². The molecule has 2 aromatic rings. The van der Waals surface area contributed by atoms with E-state index in [0.717, 1.165) is 35.3 Å². The predicted octanol–water partition coefficient (Wildman–Crippen LogP) is 4.34. The predicted molar refractivity (Wildman–Crippen MR) is 112 cm³/mol. The first-order chi connectivity index (χ1) is 12.9. The molecule has 0 saturated carbocycles. The largest absolute Gasteiger partial charge is 0.497 e. The van der Waals surface area contributed by atoms with E-state index in [4.69, 9.17) is 26.2 Å². The van der Waals surface area contributed by atoms with Gasteiger partial charge in [0.1, 0.15) is 11.4 Å². The minimum Gasteiger partial charge on any atom is -0.497 e. The van der Waals surface area contributed by atoms with Crippen molar-refractivity contribution >= 4 is 30.0 Å². The monoisotopic (exact) mass is 425 g/mol. The summed E-state index contributed by atoms with van der Waals surface area (Å²) in [5, 5.41) is 9.62. The fourth-order valence-electron chi connectivity index (χ4n) is 3.69. The van der Waals surface area contributed by atoms with Gasteiger partial charge in [0, 0.05) is 5.02 Å². The molecular weight excluding hydrogens is 401 g/mol. The molecule has 1 aliphatic rings. The Labute approximate surface area is 176 Å². The maximum absolute atomic E-state index is 10.9. The van der Waals surface area contributed by atoms with Gasteiger partial charge in [-0.05, 0) is 67.4 Å². The number of fused-ring (bicyclic) bond motifs is 1. The third-order valence-corrected chi connectivity index (χ3v) is 5.25. The summed E-state index contributed by atoms with van der Waals surface area (Å²) in [7, 11) is 3.46. The van der Waals surface area contributed by atoms with Crippen molar-refractivity contribution in [2.45, 2.75) is 25.0 Å². The van der Waals surface area contributed by atoms with E-state index in [2.05, 4.69) is 0 Å². The smallest absolute Gasteiger partial charge is 0.317 e. The number of carboxylic acid groups (broad SMARTS) is 1. The number of halogens is 2. The summed E-state index contributed by atoms with van der Waals surface area (Å²) in [5.74, 6) is -0.0315. The van der Waals surface area contributed by atoms with E-state index in [-0.39, 0.29) is 19.0 Å². The number of aliphatic carboxylic acids is 1. The fraction of sp³-hybridized carbons (Fsp3) is 0.381. The number of ether oxygens (including phenoxy) is 2. The van der Waals surface area contributed by atoms with Gasteiger partial charge in [-0.25, -0.2) is 0 Å². The van der Waals surface area contributed by atoms with Gasteiger partial charge >= 0.3 is 5.97 Å². The zero-order valence-corrected chi connectivity index (χ0v) is 17.6. The van der Waals surface area contributed by atoms with Crippen LogP contribution >= 0.6 is 24.0 Å². The number of likely N-dealkylation sites (N-methyl/N-ethyl adjacent to an activating group) is 1. The number of rotatable bonds is 8. The average molecular weight is 426 g/mol. The summed E-state index contributed by atoms with van der Waals surface area (Å²) < 4.78 is 11.6. The van der Waals surface area contributed by atoms with Gasteiger partial charge in [0.2, 0.25) is 0 Å². The maximum Gasteiger partial charge on any atom is 0.317 e. The van der Waals surface area contributed by atoms with Crippen LogP contribution in [0.15, 0.2) is 42.5 Å². The molecule has 0 fully saturated rings. The van der Waals surface area contributed by atoms with Gasteiger partial charge in [0.25, 0.3) is 0 Å². The van der Waals surface area contributed by atoms with Gasteiger partial charge < -0.3 is 14.6 Å². The van der Waals surface area contributed by atoms with Crippen LogP contribution in [0.1, 0.15) is 29.5 Å². The number of carboxylic acids is 1. The first-order valence-electron chi connectivity index (χ1n) is 8.92. The molecule has 0 saturated heterocycles. The highest BCUT2D eigenvalue weighted by molar-refractivity contribution is 6.30. The van der Waals surface area contributed by atoms with Crippen molar-refractivity contribution in [3.05, 3.63) is 64.2 Å². The van der Waals surface area contributed by atoms with Crippen LogP contribution in [0.5, 0.6) is 5.75 Å². The van der Waals surface area contributed by atoms with E-state index in [9.17, 15) is 4.79 Å². The van der Waals surface area contributed by atoms with Crippen LogP contribution in [0.3, 0.4) is 0 Å². The Bertz CT molecular complexity index is 813. The molecule has 1 N–H and O–H groups in total. The van der Waals surface area contributed by atoms with Crippen molar-refractivity contribution in [3.8, 4) is 5.75 Å². The molecule has 1 aliphatic heterocycles. The molecule has 1 unspecified atom stereocenters. The van der Waals surface area contributed by atoms with E-state index in [0.29, 0.717) is 18.2 Å². The highest BCUT2D eigenvalue weighted by Crippen LogP contribution is 2.46. The highest BCUT2D eigenvalue weighted by Gasteiger charge is 2.41. The molecule has 0 aliphatic carbocycles. The number of nitrogens with zero attached hydrogens (tertiary/aromatic N) is 1. The van der Waals surface area contributed by atoms with Gasteiger partial charge in [0.15, 0.2) is 0 Å². The van der Waals surface area contributed by atoms with Crippen LogP contribution in [0.25, 0.3) is 0 Å². The van der Waals surface area contributed by atoms with Gasteiger partial charge in [-0.1, -0.05) is 29.8 Å². The zero-order valence-electron chi connectivity index (χ0n) is 16.0. The molecule has 0 aromatic heterocycles. The first-order valence-corrected chi connectivity index (χ1v) is 9.30. The van der Waals surface area contributed by atoms with Gasteiger partial charge in [-0.3, -0.25) is 9.69 Å². The molecule has 0 amide bonds. The van der Waals surface area contributed by atoms with E-state index in [1.165, 1.54) is 0 Å². The lowest BCUT2D eigenvalue weighted by Crippen LogP contribution is -2.31. The van der Waals surface area contributed by atoms with Crippen molar-refractivity contribution in [1.82, 2.24) is 4.90 Å². The molecule has 1 atom stereocenters. The Hall–Kier alpha value is -1.79. The molecule has 28 heavy (non-hydrogen) atoms. The summed E-state index contributed by atoms with van der Waals surface area (Å²) in [5.41, 5.74) is 2.68. The van der Waals surface area contributed by atoms with Gasteiger partial charge in [-0.2, -0.15) is 0 Å². The van der Waals surface area contributed by atoms with Crippen molar-refractivity contribution < 1.29 is 19.4 Å². The first kappa shape index (κ1) is 22.5. The van der Waals surface area contributed by atoms with Crippen molar-refractivity contribution in [1.29, 1.82) is 0 Å². The molecule has 1 heterocycles. The molecule has 0 bridgehead atoms. The average Bonchev–Trinajstić information content (AvgIpc) is 3.00. The lowest BCUT2D eigenvalue weighted by atomic mass is 9.82. The Morgan fingerprint density at radius 2 is 2.00 bits per heavy atom. The third kappa shape index (κ3) is 4.78. The normalized spacial score (nSPS) is 17.9. The topological polar surface area (TPSA) is 59.0 Å². The maximum atomic E-state index is 10.9. The number of hydrogen-bond acceptors (Lipinski definition) is 4. The molecular formula is C21H25Cl2NO4. The third-order valence-electron chi connectivity index (χ3n) is 5.01. The summed E-state index contributed by atoms with van der Waals surface area (Å²) >= 11 is 6.28.